The molecule has 9 nitrogen and oxygen atoms in total. The van der Waals surface area contributed by atoms with Gasteiger partial charge in [-0.3, -0.25) is 23.5 Å². The number of amides is 2. The molecule has 39 heavy (non-hydrogen) atoms. The first-order valence-corrected chi connectivity index (χ1v) is 13.1. The van der Waals surface area contributed by atoms with Gasteiger partial charge in [0.1, 0.15) is 13.1 Å². The number of hydrogen-bond acceptors (Lipinski definition) is 5. The maximum absolute atomic E-state index is 13.7. The van der Waals surface area contributed by atoms with Gasteiger partial charge in [-0.05, 0) is 57.2 Å². The number of benzene rings is 3. The predicted octanol–water partition coefficient (Wildman–Crippen LogP) is 3.42. The van der Waals surface area contributed by atoms with Crippen molar-refractivity contribution in [2.45, 2.75) is 33.9 Å². The molecule has 2 N–H and O–H groups in total. The third-order valence-corrected chi connectivity index (χ3v) is 6.83. The lowest BCUT2D eigenvalue weighted by molar-refractivity contribution is -0.122. The van der Waals surface area contributed by atoms with Gasteiger partial charge >= 0.3 is 5.69 Å². The van der Waals surface area contributed by atoms with Crippen molar-refractivity contribution in [2.75, 3.05) is 29.4 Å². The van der Waals surface area contributed by atoms with Crippen molar-refractivity contribution in [1.29, 1.82) is 0 Å². The largest absolute Gasteiger partial charge is 0.372 e. The van der Waals surface area contributed by atoms with Crippen molar-refractivity contribution in [1.82, 2.24) is 9.13 Å². The van der Waals surface area contributed by atoms with Crippen LogP contribution in [0.1, 0.15) is 36.7 Å². The second kappa shape index (κ2) is 11.8. The quantitative estimate of drug-likeness (QED) is 0.301. The van der Waals surface area contributed by atoms with Gasteiger partial charge in [-0.1, -0.05) is 36.4 Å². The standard InChI is InChI=1S/C30H33N5O4/c1-4-32(5-2)22-15-17-23(18-16-22)34(19-26(31)36)27(37)20-35-28-24(29(38)21-11-8-7-9-12-21)13-10-14-25(28)33(6-3)30(35)39/h7-18H,4-6,19-20H2,1-3H3,(H2,31,36). The van der Waals surface area contributed by atoms with Gasteiger partial charge in [0, 0.05) is 42.1 Å². The molecular formula is C30H33N5O4. The van der Waals surface area contributed by atoms with E-state index in [2.05, 4.69) is 18.7 Å². The lowest BCUT2D eigenvalue weighted by Gasteiger charge is -2.24. The van der Waals surface area contributed by atoms with Gasteiger partial charge in [-0.15, -0.1) is 0 Å². The monoisotopic (exact) mass is 527 g/mol. The van der Waals surface area contributed by atoms with Crippen LogP contribution in [0.15, 0.2) is 77.6 Å². The van der Waals surface area contributed by atoms with E-state index in [-0.39, 0.29) is 18.9 Å². The average molecular weight is 528 g/mol. The number of hydrogen-bond donors (Lipinski definition) is 1. The fourth-order valence-corrected chi connectivity index (χ4v) is 4.89. The molecule has 0 radical (unpaired) electrons. The van der Waals surface area contributed by atoms with E-state index in [0.717, 1.165) is 18.8 Å². The summed E-state index contributed by atoms with van der Waals surface area (Å²) < 4.78 is 2.84. The van der Waals surface area contributed by atoms with E-state index in [1.807, 2.05) is 25.1 Å². The zero-order valence-electron chi connectivity index (χ0n) is 22.5. The first kappa shape index (κ1) is 27.4. The lowest BCUT2D eigenvalue weighted by Crippen LogP contribution is -2.42. The molecular weight excluding hydrogens is 494 g/mol. The van der Waals surface area contributed by atoms with Crippen molar-refractivity contribution in [3.63, 3.8) is 0 Å². The highest BCUT2D eigenvalue weighted by molar-refractivity contribution is 6.15. The SMILES string of the molecule is CCN(CC)c1ccc(N(CC(N)=O)C(=O)Cn2c(=O)n(CC)c3cccc(C(=O)c4ccccc4)c32)cc1. The zero-order valence-corrected chi connectivity index (χ0v) is 22.5. The van der Waals surface area contributed by atoms with Gasteiger partial charge < -0.3 is 15.5 Å². The molecule has 1 heterocycles. The Hall–Kier alpha value is -4.66. The number of aryl methyl sites for hydroxylation is 1. The van der Waals surface area contributed by atoms with Crippen molar-refractivity contribution in [3.05, 3.63) is 94.4 Å². The summed E-state index contributed by atoms with van der Waals surface area (Å²) in [4.78, 5) is 56.0. The summed E-state index contributed by atoms with van der Waals surface area (Å²) >= 11 is 0. The van der Waals surface area contributed by atoms with Gasteiger partial charge in [0.25, 0.3) is 0 Å². The van der Waals surface area contributed by atoms with Crippen LogP contribution in [0.4, 0.5) is 11.4 Å². The number of primary amides is 1. The minimum Gasteiger partial charge on any atom is -0.372 e. The topological polar surface area (TPSA) is 111 Å². The van der Waals surface area contributed by atoms with Crippen LogP contribution in [0.2, 0.25) is 0 Å². The summed E-state index contributed by atoms with van der Waals surface area (Å²) in [6, 6.07) is 21.2. The Morgan fingerprint density at radius 3 is 2.03 bits per heavy atom. The Bertz CT molecular complexity index is 1550. The molecule has 0 saturated carbocycles. The molecule has 0 unspecified atom stereocenters. The number of ketones is 1. The highest BCUT2D eigenvalue weighted by Crippen LogP contribution is 2.24. The number of nitrogens with two attached hydrogens (primary N) is 1. The highest BCUT2D eigenvalue weighted by Gasteiger charge is 2.25. The number of para-hydroxylation sites is 1. The first-order chi connectivity index (χ1) is 18.8. The van der Waals surface area contributed by atoms with Gasteiger partial charge in [-0.2, -0.15) is 0 Å². The summed E-state index contributed by atoms with van der Waals surface area (Å²) in [5, 5.41) is 0. The van der Waals surface area contributed by atoms with E-state index in [4.69, 9.17) is 5.73 Å². The van der Waals surface area contributed by atoms with Crippen molar-refractivity contribution >= 4 is 40.0 Å². The van der Waals surface area contributed by atoms with E-state index in [1.165, 1.54) is 14.0 Å². The van der Waals surface area contributed by atoms with Gasteiger partial charge in [0.2, 0.25) is 11.8 Å². The van der Waals surface area contributed by atoms with Crippen LogP contribution in [0, 0.1) is 0 Å². The third kappa shape index (κ3) is 5.47. The number of carbonyl (C=O) groups excluding carboxylic acids is 3. The van der Waals surface area contributed by atoms with Crippen LogP contribution in [0.3, 0.4) is 0 Å². The van der Waals surface area contributed by atoms with Gasteiger partial charge in [-0.25, -0.2) is 4.79 Å². The highest BCUT2D eigenvalue weighted by atomic mass is 16.2. The number of imidazole rings is 1. The molecule has 0 aliphatic carbocycles. The Morgan fingerprint density at radius 1 is 0.795 bits per heavy atom. The minimum atomic E-state index is -0.681. The van der Waals surface area contributed by atoms with E-state index in [9.17, 15) is 19.2 Å². The summed E-state index contributed by atoms with van der Waals surface area (Å²) in [6.45, 7) is 7.24. The molecule has 4 rings (SSSR count). The van der Waals surface area contributed by atoms with Crippen molar-refractivity contribution in [2.24, 2.45) is 5.73 Å². The van der Waals surface area contributed by atoms with Crippen LogP contribution >= 0.6 is 0 Å². The van der Waals surface area contributed by atoms with Crippen LogP contribution in [-0.2, 0) is 22.7 Å². The molecule has 0 atom stereocenters. The van der Waals surface area contributed by atoms with Crippen LogP contribution in [0.5, 0.6) is 0 Å². The first-order valence-electron chi connectivity index (χ1n) is 13.1. The smallest absolute Gasteiger partial charge is 0.329 e. The molecule has 0 aliphatic rings. The molecule has 0 saturated heterocycles. The van der Waals surface area contributed by atoms with Crippen LogP contribution in [0.25, 0.3) is 11.0 Å². The Kier molecular flexibility index (Phi) is 8.29. The molecule has 0 bridgehead atoms. The normalized spacial score (nSPS) is 10.9. The second-order valence-corrected chi connectivity index (χ2v) is 9.12. The van der Waals surface area contributed by atoms with E-state index >= 15 is 0 Å². The molecule has 202 valence electrons. The number of nitrogens with zero attached hydrogens (tertiary/aromatic N) is 4. The molecule has 9 heteroatoms. The van der Waals surface area contributed by atoms with Crippen LogP contribution < -0.4 is 21.2 Å². The van der Waals surface area contributed by atoms with Crippen LogP contribution in [-0.4, -0.2) is 46.4 Å². The predicted molar refractivity (Wildman–Crippen MR) is 153 cm³/mol. The number of carbonyl (C=O) groups is 3. The number of anilines is 2. The Morgan fingerprint density at radius 2 is 1.44 bits per heavy atom. The maximum Gasteiger partial charge on any atom is 0.329 e. The van der Waals surface area contributed by atoms with E-state index in [0.29, 0.717) is 34.4 Å². The number of rotatable bonds is 11. The van der Waals surface area contributed by atoms with Gasteiger partial charge in [0.15, 0.2) is 5.78 Å². The Balaban J connectivity index is 1.78. The maximum atomic E-state index is 13.7. The van der Waals surface area contributed by atoms with E-state index < -0.39 is 17.5 Å². The molecule has 3 aromatic carbocycles. The minimum absolute atomic E-state index is 0.253. The number of fused-ring (bicyclic) bond motifs is 1. The third-order valence-electron chi connectivity index (χ3n) is 6.83. The zero-order chi connectivity index (χ0) is 28.1. The fourth-order valence-electron chi connectivity index (χ4n) is 4.89. The molecule has 0 spiro atoms. The molecule has 1 aromatic heterocycles. The summed E-state index contributed by atoms with van der Waals surface area (Å²) in [5.74, 6) is -1.43. The molecule has 2 amide bonds. The second-order valence-electron chi connectivity index (χ2n) is 9.12. The number of aromatic nitrogens is 2. The summed E-state index contributed by atoms with van der Waals surface area (Å²) in [5.41, 5.74) is 8.29. The average Bonchev–Trinajstić information content (AvgIpc) is 3.22. The van der Waals surface area contributed by atoms with E-state index in [1.54, 1.807) is 54.6 Å². The van der Waals surface area contributed by atoms with Gasteiger partial charge in [0.05, 0.1) is 11.0 Å². The van der Waals surface area contributed by atoms with Crippen molar-refractivity contribution in [3.8, 4) is 0 Å². The lowest BCUT2D eigenvalue weighted by atomic mass is 10.0. The summed E-state index contributed by atoms with van der Waals surface area (Å²) in [6.07, 6.45) is 0. The fraction of sp³-hybridized carbons (Fsp3) is 0.267. The van der Waals surface area contributed by atoms with Crippen molar-refractivity contribution < 1.29 is 14.4 Å². The Labute approximate surface area is 227 Å². The molecule has 4 aromatic rings. The summed E-state index contributed by atoms with van der Waals surface area (Å²) in [7, 11) is 0. The molecule has 0 fully saturated rings. The molecule has 0 aliphatic heterocycles.